The molecule has 8 heteroatoms. The van der Waals surface area contributed by atoms with Gasteiger partial charge in [-0.15, -0.1) is 0 Å². The van der Waals surface area contributed by atoms with Crippen LogP contribution in [0.3, 0.4) is 0 Å². The molecule has 4 aliphatic heterocycles. The number of hydrogen-bond donors (Lipinski definition) is 0. The van der Waals surface area contributed by atoms with Gasteiger partial charge in [-0.2, -0.15) is 0 Å². The van der Waals surface area contributed by atoms with Gasteiger partial charge >= 0.3 is 0 Å². The maximum absolute atomic E-state index is 12.2. The first-order valence-corrected chi connectivity index (χ1v) is 11.7. The van der Waals surface area contributed by atoms with Crippen LogP contribution < -0.4 is 0 Å². The zero-order valence-electron chi connectivity index (χ0n) is 19.8. The number of alkyl halides is 4. The van der Waals surface area contributed by atoms with Crippen molar-refractivity contribution in [1.82, 2.24) is 19.6 Å². The Kier molecular flexibility index (Phi) is 12.7. The predicted molar refractivity (Wildman–Crippen MR) is 117 cm³/mol. The molecule has 0 bridgehead atoms. The van der Waals surface area contributed by atoms with E-state index in [2.05, 4.69) is 23.9 Å². The summed E-state index contributed by atoms with van der Waals surface area (Å²) in [6.07, 6.45) is -2.15. The molecule has 0 saturated carbocycles. The van der Waals surface area contributed by atoms with Gasteiger partial charge in [-0.1, -0.05) is 27.7 Å². The van der Waals surface area contributed by atoms with Gasteiger partial charge < -0.3 is 9.80 Å². The SMILES string of the molecule is CC.CC.CN1CC2CCN(CC(F)F)C2C1.CN1C[C@@H]2CCN(CC(F)F)[C@@H]2C1. The lowest BCUT2D eigenvalue weighted by Gasteiger charge is -2.23. The first kappa shape index (κ1) is 27.6. The summed E-state index contributed by atoms with van der Waals surface area (Å²) < 4.78 is 48.7. The molecular formula is C22H44F4N4. The monoisotopic (exact) mass is 440 g/mol. The zero-order valence-corrected chi connectivity index (χ0v) is 19.8. The largest absolute Gasteiger partial charge is 0.304 e. The summed E-state index contributed by atoms with van der Waals surface area (Å²) in [5.41, 5.74) is 0. The van der Waals surface area contributed by atoms with Crippen LogP contribution in [0.5, 0.6) is 0 Å². The van der Waals surface area contributed by atoms with Gasteiger partial charge in [0.2, 0.25) is 0 Å². The Morgan fingerprint density at radius 2 is 0.967 bits per heavy atom. The van der Waals surface area contributed by atoms with Crippen molar-refractivity contribution >= 4 is 0 Å². The molecule has 30 heavy (non-hydrogen) atoms. The summed E-state index contributed by atoms with van der Waals surface area (Å²) in [6, 6.07) is 0.804. The van der Waals surface area contributed by atoms with Crippen molar-refractivity contribution in [3.05, 3.63) is 0 Å². The minimum absolute atomic E-state index is 0.0327. The summed E-state index contributed by atoms with van der Waals surface area (Å²) in [6.45, 7) is 13.8. The molecule has 4 saturated heterocycles. The van der Waals surface area contributed by atoms with E-state index in [0.29, 0.717) is 23.9 Å². The summed E-state index contributed by atoms with van der Waals surface area (Å²) in [5.74, 6) is 1.28. The van der Waals surface area contributed by atoms with Crippen LogP contribution in [0, 0.1) is 11.8 Å². The summed E-state index contributed by atoms with van der Waals surface area (Å²) in [7, 11) is 4.14. The Hall–Kier alpha value is -0.440. The second-order valence-corrected chi connectivity index (χ2v) is 8.45. The molecule has 180 valence electrons. The van der Waals surface area contributed by atoms with E-state index < -0.39 is 12.9 Å². The maximum atomic E-state index is 12.2. The molecule has 0 aromatic heterocycles. The molecule has 4 aliphatic rings. The third-order valence-corrected chi connectivity index (χ3v) is 6.44. The van der Waals surface area contributed by atoms with E-state index in [4.69, 9.17) is 0 Å². The van der Waals surface area contributed by atoms with E-state index in [-0.39, 0.29) is 13.1 Å². The van der Waals surface area contributed by atoms with Crippen molar-refractivity contribution in [2.45, 2.75) is 65.5 Å². The third kappa shape index (κ3) is 7.92. The van der Waals surface area contributed by atoms with Crippen molar-refractivity contribution in [3.8, 4) is 0 Å². The molecule has 0 aromatic rings. The third-order valence-electron chi connectivity index (χ3n) is 6.44. The molecule has 0 aliphatic carbocycles. The zero-order chi connectivity index (χ0) is 22.8. The number of rotatable bonds is 4. The lowest BCUT2D eigenvalue weighted by atomic mass is 10.1. The van der Waals surface area contributed by atoms with Crippen molar-refractivity contribution in [2.24, 2.45) is 11.8 Å². The fourth-order valence-electron chi connectivity index (χ4n) is 5.33. The second-order valence-electron chi connectivity index (χ2n) is 8.45. The van der Waals surface area contributed by atoms with Gasteiger partial charge in [0.05, 0.1) is 13.1 Å². The van der Waals surface area contributed by atoms with Gasteiger partial charge in [0, 0.05) is 38.3 Å². The average molecular weight is 441 g/mol. The van der Waals surface area contributed by atoms with Crippen molar-refractivity contribution in [2.75, 3.05) is 66.5 Å². The molecule has 0 radical (unpaired) electrons. The number of nitrogens with zero attached hydrogens (tertiary/aromatic N) is 4. The summed E-state index contributed by atoms with van der Waals surface area (Å²) >= 11 is 0. The highest BCUT2D eigenvalue weighted by Crippen LogP contribution is 2.31. The number of fused-ring (bicyclic) bond motifs is 2. The van der Waals surface area contributed by atoms with Crippen LogP contribution in [0.25, 0.3) is 0 Å². The molecule has 4 rings (SSSR count). The molecule has 0 amide bonds. The van der Waals surface area contributed by atoms with Crippen LogP contribution in [0.1, 0.15) is 40.5 Å². The molecule has 0 aromatic carbocycles. The van der Waals surface area contributed by atoms with Gasteiger partial charge in [-0.25, -0.2) is 17.6 Å². The van der Waals surface area contributed by atoms with Crippen LogP contribution in [0.2, 0.25) is 0 Å². The van der Waals surface area contributed by atoms with Crippen molar-refractivity contribution in [1.29, 1.82) is 0 Å². The summed E-state index contributed by atoms with van der Waals surface area (Å²) in [5, 5.41) is 0. The van der Waals surface area contributed by atoms with Crippen LogP contribution in [-0.2, 0) is 0 Å². The van der Waals surface area contributed by atoms with Gasteiger partial charge in [0.25, 0.3) is 12.9 Å². The average Bonchev–Trinajstić information content (AvgIpc) is 3.43. The Bertz CT molecular complexity index is 415. The van der Waals surface area contributed by atoms with Crippen molar-refractivity contribution in [3.63, 3.8) is 0 Å². The first-order valence-electron chi connectivity index (χ1n) is 11.7. The lowest BCUT2D eigenvalue weighted by molar-refractivity contribution is 0.0799. The van der Waals surface area contributed by atoms with Crippen LogP contribution >= 0.6 is 0 Å². The number of halogens is 4. The van der Waals surface area contributed by atoms with E-state index in [9.17, 15) is 17.6 Å². The standard InChI is InChI=1S/2C9H16F2N2.2C2H6/c2*1-12-4-7-2-3-13(6-9(10)11)8(7)5-12;2*1-2/h2*7-9H,2-6H2,1H3;2*1-2H3/t7-,8+;;;/m0.../s1. The topological polar surface area (TPSA) is 13.0 Å². The first-order chi connectivity index (χ1) is 14.3. The molecule has 4 fully saturated rings. The minimum Gasteiger partial charge on any atom is -0.304 e. The van der Waals surface area contributed by atoms with Gasteiger partial charge in [0.1, 0.15) is 0 Å². The van der Waals surface area contributed by atoms with E-state index in [1.54, 1.807) is 0 Å². The Balaban J connectivity index is 0.000000258. The molecule has 2 unspecified atom stereocenters. The second kappa shape index (κ2) is 13.9. The number of likely N-dealkylation sites (N-methyl/N-ethyl adjacent to an activating group) is 2. The highest BCUT2D eigenvalue weighted by molar-refractivity contribution is 4.96. The smallest absolute Gasteiger partial charge is 0.251 e. The van der Waals surface area contributed by atoms with E-state index in [0.717, 1.165) is 52.1 Å². The fourth-order valence-corrected chi connectivity index (χ4v) is 5.33. The van der Waals surface area contributed by atoms with Gasteiger partial charge in [0.15, 0.2) is 0 Å². The lowest BCUT2D eigenvalue weighted by Crippen LogP contribution is -2.37. The highest BCUT2D eigenvalue weighted by atomic mass is 19.3. The predicted octanol–water partition coefficient (Wildman–Crippen LogP) is 3.83. The van der Waals surface area contributed by atoms with Crippen LogP contribution in [0.4, 0.5) is 17.6 Å². The Morgan fingerprint density at radius 1 is 0.633 bits per heavy atom. The van der Waals surface area contributed by atoms with E-state index in [1.807, 2.05) is 37.5 Å². The minimum atomic E-state index is -2.18. The number of likely N-dealkylation sites (tertiary alicyclic amines) is 4. The maximum Gasteiger partial charge on any atom is 0.251 e. The molecular weight excluding hydrogens is 396 g/mol. The fraction of sp³-hybridized carbons (Fsp3) is 1.00. The van der Waals surface area contributed by atoms with Crippen LogP contribution in [-0.4, -0.2) is 111 Å². The Labute approximate surface area is 181 Å². The Morgan fingerprint density at radius 3 is 1.27 bits per heavy atom. The molecule has 4 nitrogen and oxygen atoms in total. The normalized spacial score (nSPS) is 31.6. The van der Waals surface area contributed by atoms with Crippen molar-refractivity contribution < 1.29 is 17.6 Å². The highest BCUT2D eigenvalue weighted by Gasteiger charge is 2.41. The number of hydrogen-bond acceptors (Lipinski definition) is 4. The van der Waals surface area contributed by atoms with Gasteiger partial charge in [-0.3, -0.25) is 9.80 Å². The van der Waals surface area contributed by atoms with Crippen LogP contribution in [0.15, 0.2) is 0 Å². The molecule has 4 atom stereocenters. The molecule has 4 heterocycles. The molecule has 0 spiro atoms. The van der Waals surface area contributed by atoms with E-state index in [1.165, 1.54) is 0 Å². The molecule has 0 N–H and O–H groups in total. The quantitative estimate of drug-likeness (QED) is 0.616. The van der Waals surface area contributed by atoms with Gasteiger partial charge in [-0.05, 0) is 51.9 Å². The summed E-state index contributed by atoms with van der Waals surface area (Å²) in [4.78, 5) is 8.40. The van der Waals surface area contributed by atoms with E-state index >= 15 is 0 Å².